The zero-order valence-corrected chi connectivity index (χ0v) is 17.6. The summed E-state index contributed by atoms with van der Waals surface area (Å²) in [6.45, 7) is 6.18. The molecule has 3 heterocycles. The summed E-state index contributed by atoms with van der Waals surface area (Å²) in [6.07, 6.45) is 1.84. The Morgan fingerprint density at radius 1 is 1.34 bits per heavy atom. The maximum atomic E-state index is 12.8. The molecule has 1 aliphatic carbocycles. The summed E-state index contributed by atoms with van der Waals surface area (Å²) in [5.41, 5.74) is 8.11. The SMILES string of the molecule is COC(=O)C1=C(N)OC2=C(C(=O)CCC2)C1c1cc(CN2CCOCC2)c(C)s1. The van der Waals surface area contributed by atoms with Crippen LogP contribution in [0.2, 0.25) is 0 Å². The number of nitrogens with zero attached hydrogens (tertiary/aromatic N) is 1. The van der Waals surface area contributed by atoms with Gasteiger partial charge in [0.25, 0.3) is 0 Å². The topological polar surface area (TPSA) is 91.1 Å². The van der Waals surface area contributed by atoms with Crippen LogP contribution < -0.4 is 5.73 Å². The number of rotatable bonds is 4. The van der Waals surface area contributed by atoms with E-state index in [0.29, 0.717) is 24.2 Å². The quantitative estimate of drug-likeness (QED) is 0.751. The Balaban J connectivity index is 1.73. The lowest BCUT2D eigenvalue weighted by molar-refractivity contribution is -0.136. The summed E-state index contributed by atoms with van der Waals surface area (Å²) >= 11 is 1.60. The molecular weight excluding hydrogens is 392 g/mol. The number of carbonyl (C=O) groups is 2. The number of esters is 1. The van der Waals surface area contributed by atoms with E-state index in [1.807, 2.05) is 0 Å². The number of hydrogen-bond acceptors (Lipinski definition) is 8. The standard InChI is InChI=1S/C21H26N2O5S/c1-12-13(11-23-6-8-27-9-7-23)10-16(29-12)18-17-14(24)4-3-5-15(17)28-20(22)19(18)21(25)26-2/h10,18H,3-9,11,22H2,1-2H3. The van der Waals surface area contributed by atoms with Crippen LogP contribution in [0.1, 0.15) is 40.5 Å². The minimum absolute atomic E-state index is 0.0194. The van der Waals surface area contributed by atoms with Gasteiger partial charge in [-0.2, -0.15) is 0 Å². The van der Waals surface area contributed by atoms with Crippen molar-refractivity contribution in [3.63, 3.8) is 0 Å². The monoisotopic (exact) mass is 418 g/mol. The summed E-state index contributed by atoms with van der Waals surface area (Å²) in [7, 11) is 1.32. The zero-order chi connectivity index (χ0) is 20.5. The van der Waals surface area contributed by atoms with Crippen LogP contribution in [0.4, 0.5) is 0 Å². The van der Waals surface area contributed by atoms with Gasteiger partial charge in [-0.15, -0.1) is 11.3 Å². The first-order valence-electron chi connectivity index (χ1n) is 9.91. The van der Waals surface area contributed by atoms with Crippen molar-refractivity contribution in [1.29, 1.82) is 0 Å². The van der Waals surface area contributed by atoms with E-state index in [4.69, 9.17) is 19.9 Å². The highest BCUT2D eigenvalue weighted by molar-refractivity contribution is 7.12. The molecule has 1 atom stereocenters. The van der Waals surface area contributed by atoms with Crippen molar-refractivity contribution in [2.75, 3.05) is 33.4 Å². The highest BCUT2D eigenvalue weighted by Crippen LogP contribution is 2.46. The van der Waals surface area contributed by atoms with Crippen molar-refractivity contribution in [1.82, 2.24) is 4.90 Å². The van der Waals surface area contributed by atoms with Gasteiger partial charge in [-0.25, -0.2) is 4.79 Å². The minimum Gasteiger partial charge on any atom is -0.465 e. The molecule has 0 saturated carbocycles. The van der Waals surface area contributed by atoms with Crippen molar-refractivity contribution < 1.29 is 23.8 Å². The van der Waals surface area contributed by atoms with Gasteiger partial charge in [-0.05, 0) is 25.0 Å². The first-order valence-corrected chi connectivity index (χ1v) is 10.7. The Morgan fingerprint density at radius 3 is 2.83 bits per heavy atom. The van der Waals surface area contributed by atoms with E-state index in [1.54, 1.807) is 11.3 Å². The molecule has 0 amide bonds. The molecule has 0 bridgehead atoms. The molecule has 1 aromatic heterocycles. The summed E-state index contributed by atoms with van der Waals surface area (Å²) in [6, 6.07) is 2.11. The van der Waals surface area contributed by atoms with Gasteiger partial charge in [0.05, 0.1) is 26.2 Å². The molecule has 0 spiro atoms. The Kier molecular flexibility index (Phi) is 5.76. The molecule has 1 fully saturated rings. The van der Waals surface area contributed by atoms with Crippen molar-refractivity contribution in [3.8, 4) is 0 Å². The molecule has 1 unspecified atom stereocenters. The zero-order valence-electron chi connectivity index (χ0n) is 16.8. The largest absolute Gasteiger partial charge is 0.465 e. The van der Waals surface area contributed by atoms with Gasteiger partial charge in [-0.3, -0.25) is 9.69 Å². The first-order chi connectivity index (χ1) is 14.0. The number of ketones is 1. The van der Waals surface area contributed by atoms with Gasteiger partial charge in [0.1, 0.15) is 11.3 Å². The second-order valence-electron chi connectivity index (χ2n) is 7.54. The van der Waals surface area contributed by atoms with Crippen molar-refractivity contribution >= 4 is 23.1 Å². The smallest absolute Gasteiger partial charge is 0.340 e. The third kappa shape index (κ3) is 3.84. The average molecular weight is 419 g/mol. The normalized spacial score (nSPS) is 23.1. The molecule has 1 aromatic rings. The molecule has 7 nitrogen and oxygen atoms in total. The van der Waals surface area contributed by atoms with E-state index < -0.39 is 11.9 Å². The van der Waals surface area contributed by atoms with E-state index in [-0.39, 0.29) is 17.2 Å². The van der Waals surface area contributed by atoms with Crippen molar-refractivity contribution in [3.05, 3.63) is 44.2 Å². The number of methoxy groups -OCH3 is 1. The fourth-order valence-electron chi connectivity index (χ4n) is 4.19. The van der Waals surface area contributed by atoms with Gasteiger partial charge in [-0.1, -0.05) is 0 Å². The van der Waals surface area contributed by atoms with Gasteiger partial charge >= 0.3 is 5.97 Å². The predicted octanol–water partition coefficient (Wildman–Crippen LogP) is 2.35. The second kappa shape index (κ2) is 8.30. The van der Waals surface area contributed by atoms with Crippen molar-refractivity contribution in [2.45, 2.75) is 38.6 Å². The van der Waals surface area contributed by atoms with Gasteiger partial charge in [0.2, 0.25) is 5.88 Å². The molecular formula is C21H26N2O5S. The average Bonchev–Trinajstić information content (AvgIpc) is 3.07. The summed E-state index contributed by atoms with van der Waals surface area (Å²) in [4.78, 5) is 29.8. The van der Waals surface area contributed by atoms with Crippen LogP contribution in [0.5, 0.6) is 0 Å². The lowest BCUT2D eigenvalue weighted by Gasteiger charge is -2.31. The van der Waals surface area contributed by atoms with Crippen LogP contribution >= 0.6 is 11.3 Å². The van der Waals surface area contributed by atoms with Crippen LogP contribution in [-0.4, -0.2) is 50.1 Å². The van der Waals surface area contributed by atoms with Crippen LogP contribution in [0.3, 0.4) is 0 Å². The molecule has 8 heteroatoms. The minimum atomic E-state index is -0.557. The number of ether oxygens (including phenoxy) is 3. The van der Waals surface area contributed by atoms with Crippen LogP contribution in [0, 0.1) is 6.92 Å². The number of Topliss-reactive ketones (excluding diaryl/α,β-unsaturated/α-hetero) is 1. The Labute approximate surface area is 174 Å². The highest BCUT2D eigenvalue weighted by Gasteiger charge is 2.42. The maximum Gasteiger partial charge on any atom is 0.340 e. The molecule has 2 aliphatic heterocycles. The lowest BCUT2D eigenvalue weighted by Crippen LogP contribution is -2.35. The van der Waals surface area contributed by atoms with Gasteiger partial charge < -0.3 is 19.9 Å². The van der Waals surface area contributed by atoms with Crippen LogP contribution in [-0.2, 0) is 30.3 Å². The Hall–Kier alpha value is -2.16. The van der Waals surface area contributed by atoms with E-state index in [0.717, 1.165) is 44.1 Å². The molecule has 3 aliphatic rings. The van der Waals surface area contributed by atoms with Gasteiger partial charge in [0, 0.05) is 47.8 Å². The van der Waals surface area contributed by atoms with Gasteiger partial charge in [0.15, 0.2) is 5.78 Å². The van der Waals surface area contributed by atoms with Crippen LogP contribution in [0.15, 0.2) is 28.9 Å². The fourth-order valence-corrected chi connectivity index (χ4v) is 5.36. The number of aryl methyl sites for hydroxylation is 1. The number of allylic oxidation sites excluding steroid dienone is 2. The molecule has 0 radical (unpaired) electrons. The van der Waals surface area contributed by atoms with E-state index >= 15 is 0 Å². The van der Waals surface area contributed by atoms with Crippen LogP contribution in [0.25, 0.3) is 0 Å². The molecule has 1 saturated heterocycles. The molecule has 2 N–H and O–H groups in total. The number of nitrogens with two attached hydrogens (primary N) is 1. The highest BCUT2D eigenvalue weighted by atomic mass is 32.1. The summed E-state index contributed by atoms with van der Waals surface area (Å²) in [5.74, 6) is -0.432. The molecule has 4 rings (SSSR count). The second-order valence-corrected chi connectivity index (χ2v) is 8.82. The molecule has 0 aromatic carbocycles. The third-order valence-corrected chi connectivity index (χ3v) is 6.87. The summed E-state index contributed by atoms with van der Waals surface area (Å²) in [5, 5.41) is 0. The number of hydrogen-bond donors (Lipinski definition) is 1. The molecule has 29 heavy (non-hydrogen) atoms. The first kappa shape index (κ1) is 20.1. The lowest BCUT2D eigenvalue weighted by atomic mass is 9.80. The Morgan fingerprint density at radius 2 is 2.10 bits per heavy atom. The third-order valence-electron chi connectivity index (χ3n) is 5.71. The van der Waals surface area contributed by atoms with E-state index in [1.165, 1.54) is 17.6 Å². The fraction of sp³-hybridized carbons (Fsp3) is 0.524. The maximum absolute atomic E-state index is 12.8. The number of morpholine rings is 1. The Bertz CT molecular complexity index is 895. The number of thiophene rings is 1. The van der Waals surface area contributed by atoms with E-state index in [2.05, 4.69) is 17.9 Å². The van der Waals surface area contributed by atoms with E-state index in [9.17, 15) is 9.59 Å². The predicted molar refractivity (Wildman–Crippen MR) is 108 cm³/mol. The van der Waals surface area contributed by atoms with Crippen molar-refractivity contribution in [2.24, 2.45) is 5.73 Å². The summed E-state index contributed by atoms with van der Waals surface area (Å²) < 4.78 is 16.1. The molecule has 156 valence electrons. The number of carbonyl (C=O) groups excluding carboxylic acids is 2.